The van der Waals surface area contributed by atoms with E-state index in [1.807, 2.05) is 30.3 Å². The van der Waals surface area contributed by atoms with Crippen molar-refractivity contribution in [2.24, 2.45) is 0 Å². The number of Topliss-reactive ketones (excluding diaryl/α,β-unsaturated/α-hetero) is 1. The predicted octanol–water partition coefficient (Wildman–Crippen LogP) is 4.69. The SMILES string of the molecule is COc1ccc(N2COc3ccc4c(c3C2)OC(=Cc2ccc(OC)c(OC)c2OC)C4=O)cc1. The minimum atomic E-state index is -0.207. The van der Waals surface area contributed by atoms with Crippen molar-refractivity contribution in [3.63, 3.8) is 0 Å². The molecule has 0 amide bonds. The summed E-state index contributed by atoms with van der Waals surface area (Å²) < 4.78 is 33.7. The summed E-state index contributed by atoms with van der Waals surface area (Å²) in [5.74, 6) is 3.39. The molecule has 0 aliphatic carbocycles. The largest absolute Gasteiger partial charge is 0.497 e. The zero-order chi connectivity index (χ0) is 24.5. The first-order valence-corrected chi connectivity index (χ1v) is 11.0. The van der Waals surface area contributed by atoms with Gasteiger partial charge in [0.25, 0.3) is 0 Å². The summed E-state index contributed by atoms with van der Waals surface area (Å²) in [7, 11) is 6.25. The molecular formula is C27H25NO7. The molecule has 8 nitrogen and oxygen atoms in total. The van der Waals surface area contributed by atoms with Gasteiger partial charge in [0.15, 0.2) is 24.0 Å². The number of allylic oxidation sites excluding steroid dienone is 1. The highest BCUT2D eigenvalue weighted by atomic mass is 16.5. The Morgan fingerprint density at radius 1 is 0.857 bits per heavy atom. The van der Waals surface area contributed by atoms with Gasteiger partial charge < -0.3 is 33.3 Å². The smallest absolute Gasteiger partial charge is 0.231 e. The summed E-state index contributed by atoms with van der Waals surface area (Å²) in [6.07, 6.45) is 1.65. The van der Waals surface area contributed by atoms with E-state index in [9.17, 15) is 4.79 Å². The number of anilines is 1. The number of nitrogens with zero attached hydrogens (tertiary/aromatic N) is 1. The van der Waals surface area contributed by atoms with Gasteiger partial charge in [-0.1, -0.05) is 0 Å². The molecular weight excluding hydrogens is 450 g/mol. The molecule has 2 aliphatic rings. The zero-order valence-corrected chi connectivity index (χ0v) is 19.9. The Bertz CT molecular complexity index is 1310. The van der Waals surface area contributed by atoms with E-state index in [0.29, 0.717) is 53.2 Å². The molecule has 2 heterocycles. The third kappa shape index (κ3) is 3.86. The molecule has 0 aromatic heterocycles. The van der Waals surface area contributed by atoms with Crippen LogP contribution in [0.1, 0.15) is 21.5 Å². The fraction of sp³-hybridized carbons (Fsp3) is 0.222. The van der Waals surface area contributed by atoms with E-state index >= 15 is 0 Å². The number of hydrogen-bond acceptors (Lipinski definition) is 8. The van der Waals surface area contributed by atoms with Gasteiger partial charge in [0.05, 0.1) is 46.1 Å². The summed E-state index contributed by atoms with van der Waals surface area (Å²) in [5.41, 5.74) is 2.92. The molecule has 35 heavy (non-hydrogen) atoms. The van der Waals surface area contributed by atoms with E-state index in [0.717, 1.165) is 17.0 Å². The van der Waals surface area contributed by atoms with Crippen LogP contribution in [0.5, 0.6) is 34.5 Å². The lowest BCUT2D eigenvalue weighted by molar-refractivity contribution is 0.101. The maximum absolute atomic E-state index is 13.2. The lowest BCUT2D eigenvalue weighted by Gasteiger charge is -2.31. The molecule has 0 radical (unpaired) electrons. The molecule has 0 bridgehead atoms. The molecule has 0 N–H and O–H groups in total. The molecule has 0 atom stereocenters. The predicted molar refractivity (Wildman–Crippen MR) is 130 cm³/mol. The summed E-state index contributed by atoms with van der Waals surface area (Å²) in [4.78, 5) is 15.3. The van der Waals surface area contributed by atoms with Crippen LogP contribution in [0.4, 0.5) is 5.69 Å². The highest BCUT2D eigenvalue weighted by Crippen LogP contribution is 2.45. The van der Waals surface area contributed by atoms with Crippen LogP contribution in [0.25, 0.3) is 6.08 Å². The first-order valence-electron chi connectivity index (χ1n) is 11.0. The van der Waals surface area contributed by atoms with Gasteiger partial charge in [0, 0.05) is 11.3 Å². The number of benzene rings is 3. The molecule has 0 fully saturated rings. The Morgan fingerprint density at radius 2 is 1.63 bits per heavy atom. The fourth-order valence-electron chi connectivity index (χ4n) is 4.30. The van der Waals surface area contributed by atoms with Crippen molar-refractivity contribution in [2.45, 2.75) is 6.54 Å². The Balaban J connectivity index is 1.48. The fourth-order valence-corrected chi connectivity index (χ4v) is 4.30. The van der Waals surface area contributed by atoms with Gasteiger partial charge in [-0.05, 0) is 54.6 Å². The third-order valence-electron chi connectivity index (χ3n) is 6.08. The van der Waals surface area contributed by atoms with Gasteiger partial charge >= 0.3 is 0 Å². The molecule has 5 rings (SSSR count). The first-order chi connectivity index (χ1) is 17.1. The number of ether oxygens (including phenoxy) is 6. The Morgan fingerprint density at radius 3 is 2.31 bits per heavy atom. The second-order valence-electron chi connectivity index (χ2n) is 7.95. The van der Waals surface area contributed by atoms with Crippen LogP contribution < -0.4 is 33.3 Å². The average molecular weight is 475 g/mol. The standard InChI is InChI=1S/C27H25NO7/c1-30-18-8-6-17(7-9-18)28-14-20-21(34-15-28)12-10-19-24(29)23(35-26(19)20)13-16-5-11-22(31-2)27(33-4)25(16)32-3/h5-13H,14-15H2,1-4H3. The topological polar surface area (TPSA) is 75.7 Å². The number of hydrogen-bond donors (Lipinski definition) is 0. The van der Waals surface area contributed by atoms with Crippen molar-refractivity contribution in [1.82, 2.24) is 0 Å². The van der Waals surface area contributed by atoms with Crippen LogP contribution in [0.2, 0.25) is 0 Å². The van der Waals surface area contributed by atoms with E-state index in [4.69, 9.17) is 28.4 Å². The van der Waals surface area contributed by atoms with Gasteiger partial charge in [-0.3, -0.25) is 4.79 Å². The molecule has 8 heteroatoms. The molecule has 0 saturated heterocycles. The molecule has 180 valence electrons. The summed E-state index contributed by atoms with van der Waals surface area (Å²) in [6, 6.07) is 14.8. The monoisotopic (exact) mass is 475 g/mol. The molecule has 0 spiro atoms. The minimum absolute atomic E-state index is 0.195. The highest BCUT2D eigenvalue weighted by Gasteiger charge is 2.34. The second kappa shape index (κ2) is 9.13. The lowest BCUT2D eigenvalue weighted by atomic mass is 10.0. The summed E-state index contributed by atoms with van der Waals surface area (Å²) >= 11 is 0. The van der Waals surface area contributed by atoms with Crippen molar-refractivity contribution < 1.29 is 33.2 Å². The molecule has 3 aromatic rings. The molecule has 0 unspecified atom stereocenters. The number of methoxy groups -OCH3 is 4. The van der Waals surface area contributed by atoms with Crippen molar-refractivity contribution in [3.8, 4) is 34.5 Å². The molecule has 0 saturated carbocycles. The van der Waals surface area contributed by atoms with E-state index in [-0.39, 0.29) is 11.5 Å². The van der Waals surface area contributed by atoms with Gasteiger partial charge in [0.1, 0.15) is 17.2 Å². The molecule has 3 aromatic carbocycles. The number of fused-ring (bicyclic) bond motifs is 3. The van der Waals surface area contributed by atoms with E-state index in [1.54, 1.807) is 38.5 Å². The quantitative estimate of drug-likeness (QED) is 0.475. The maximum Gasteiger partial charge on any atom is 0.231 e. The normalized spacial score (nSPS) is 15.1. The minimum Gasteiger partial charge on any atom is -0.497 e. The van der Waals surface area contributed by atoms with Crippen LogP contribution in [0.15, 0.2) is 54.3 Å². The number of carbonyl (C=O) groups excluding carboxylic acids is 1. The average Bonchev–Trinajstić information content (AvgIpc) is 3.23. The Kier molecular flexibility index (Phi) is 5.86. The number of rotatable bonds is 6. The Hall–Kier alpha value is -4.33. The van der Waals surface area contributed by atoms with E-state index in [2.05, 4.69) is 4.90 Å². The van der Waals surface area contributed by atoms with Gasteiger partial charge in [-0.25, -0.2) is 0 Å². The van der Waals surface area contributed by atoms with Crippen LogP contribution in [0, 0.1) is 0 Å². The van der Waals surface area contributed by atoms with E-state index < -0.39 is 0 Å². The van der Waals surface area contributed by atoms with Crippen molar-refractivity contribution >= 4 is 17.5 Å². The van der Waals surface area contributed by atoms with Crippen LogP contribution >= 0.6 is 0 Å². The lowest BCUT2D eigenvalue weighted by Crippen LogP contribution is -2.32. The van der Waals surface area contributed by atoms with E-state index in [1.165, 1.54) is 14.2 Å². The van der Waals surface area contributed by atoms with Crippen LogP contribution in [-0.4, -0.2) is 41.0 Å². The van der Waals surface area contributed by atoms with Gasteiger partial charge in [-0.2, -0.15) is 0 Å². The maximum atomic E-state index is 13.2. The van der Waals surface area contributed by atoms with Gasteiger partial charge in [-0.15, -0.1) is 0 Å². The van der Waals surface area contributed by atoms with Crippen molar-refractivity contribution in [2.75, 3.05) is 40.1 Å². The van der Waals surface area contributed by atoms with Gasteiger partial charge in [0.2, 0.25) is 11.5 Å². The van der Waals surface area contributed by atoms with Crippen molar-refractivity contribution in [1.29, 1.82) is 0 Å². The van der Waals surface area contributed by atoms with Crippen LogP contribution in [0.3, 0.4) is 0 Å². The number of ketones is 1. The van der Waals surface area contributed by atoms with Crippen LogP contribution in [-0.2, 0) is 6.54 Å². The first kappa shape index (κ1) is 22.5. The Labute approximate surface area is 203 Å². The third-order valence-corrected chi connectivity index (χ3v) is 6.08. The highest BCUT2D eigenvalue weighted by molar-refractivity contribution is 6.15. The number of carbonyl (C=O) groups is 1. The second-order valence-corrected chi connectivity index (χ2v) is 7.95. The zero-order valence-electron chi connectivity index (χ0n) is 19.9. The summed E-state index contributed by atoms with van der Waals surface area (Å²) in [6.45, 7) is 0.919. The molecule has 2 aliphatic heterocycles. The summed E-state index contributed by atoms with van der Waals surface area (Å²) in [5, 5.41) is 0. The van der Waals surface area contributed by atoms with Crippen molar-refractivity contribution in [3.05, 3.63) is 71.0 Å².